The number of rotatable bonds is 7. The maximum atomic E-state index is 12.5. The number of nitriles is 1. The zero-order valence-corrected chi connectivity index (χ0v) is 15.3. The summed E-state index contributed by atoms with van der Waals surface area (Å²) >= 11 is 0. The van der Waals surface area contributed by atoms with Crippen LogP contribution in [0.3, 0.4) is 0 Å². The van der Waals surface area contributed by atoms with E-state index in [1.54, 1.807) is 30.3 Å². The van der Waals surface area contributed by atoms with E-state index in [9.17, 15) is 18.0 Å². The zero-order valence-electron chi connectivity index (χ0n) is 14.5. The third-order valence-corrected chi connectivity index (χ3v) is 5.60. The van der Waals surface area contributed by atoms with Crippen molar-refractivity contribution in [2.45, 2.75) is 10.9 Å². The van der Waals surface area contributed by atoms with Crippen LogP contribution in [0.15, 0.2) is 59.5 Å². The number of carbonyl (C=O) groups is 2. The second-order valence-electron chi connectivity index (χ2n) is 5.71. The van der Waals surface area contributed by atoms with Gasteiger partial charge in [0, 0.05) is 7.05 Å². The summed E-state index contributed by atoms with van der Waals surface area (Å²) in [6, 6.07) is 14.6. The van der Waals surface area contributed by atoms with Crippen molar-refractivity contribution in [2.24, 2.45) is 5.73 Å². The molecule has 0 saturated carbocycles. The molecule has 3 N–H and O–H groups in total. The van der Waals surface area contributed by atoms with Gasteiger partial charge in [0.25, 0.3) is 0 Å². The Bertz CT molecular complexity index is 967. The van der Waals surface area contributed by atoms with E-state index in [1.807, 2.05) is 6.07 Å². The number of nitrogens with zero attached hydrogens (tertiary/aromatic N) is 2. The molecule has 140 valence electrons. The second-order valence-corrected chi connectivity index (χ2v) is 7.76. The molecule has 2 aromatic rings. The average Bonchev–Trinajstić information content (AvgIpc) is 2.66. The first-order valence-electron chi connectivity index (χ1n) is 7.86. The number of amides is 2. The van der Waals surface area contributed by atoms with E-state index in [1.165, 1.54) is 31.3 Å². The molecule has 0 aliphatic heterocycles. The minimum absolute atomic E-state index is 0.0497. The van der Waals surface area contributed by atoms with Gasteiger partial charge in [-0.3, -0.25) is 9.59 Å². The maximum absolute atomic E-state index is 12.5. The van der Waals surface area contributed by atoms with E-state index in [0.717, 1.165) is 4.31 Å². The van der Waals surface area contributed by atoms with Gasteiger partial charge >= 0.3 is 0 Å². The van der Waals surface area contributed by atoms with Crippen LogP contribution >= 0.6 is 0 Å². The molecule has 0 aliphatic rings. The largest absolute Gasteiger partial charge is 0.368 e. The van der Waals surface area contributed by atoms with E-state index in [4.69, 9.17) is 11.0 Å². The van der Waals surface area contributed by atoms with Crippen LogP contribution < -0.4 is 11.1 Å². The highest BCUT2D eigenvalue weighted by atomic mass is 32.2. The van der Waals surface area contributed by atoms with Crippen molar-refractivity contribution in [1.82, 2.24) is 9.62 Å². The molecule has 0 aromatic heterocycles. The number of carbonyl (C=O) groups excluding carboxylic acids is 2. The number of hydrogen-bond acceptors (Lipinski definition) is 5. The molecule has 0 bridgehead atoms. The number of hydrogen-bond donors (Lipinski definition) is 2. The molecule has 0 fully saturated rings. The number of benzene rings is 2. The summed E-state index contributed by atoms with van der Waals surface area (Å²) in [5, 5.41) is 11.2. The lowest BCUT2D eigenvalue weighted by molar-refractivity contribution is -0.127. The molecule has 0 saturated heterocycles. The molecule has 2 amide bonds. The highest BCUT2D eigenvalue weighted by molar-refractivity contribution is 7.89. The fourth-order valence-corrected chi connectivity index (χ4v) is 3.47. The molecule has 27 heavy (non-hydrogen) atoms. The van der Waals surface area contributed by atoms with Gasteiger partial charge in [-0.2, -0.15) is 9.57 Å². The first-order chi connectivity index (χ1) is 12.8. The minimum Gasteiger partial charge on any atom is -0.368 e. The molecule has 1 atom stereocenters. The number of primary amides is 1. The Morgan fingerprint density at radius 1 is 1.15 bits per heavy atom. The van der Waals surface area contributed by atoms with Crippen LogP contribution in [0.1, 0.15) is 17.2 Å². The summed E-state index contributed by atoms with van der Waals surface area (Å²) in [5.41, 5.74) is 6.16. The van der Waals surface area contributed by atoms with Gasteiger partial charge in [0.15, 0.2) is 0 Å². The van der Waals surface area contributed by atoms with Crippen LogP contribution in [0.25, 0.3) is 0 Å². The number of nitrogens with two attached hydrogens (primary N) is 1. The number of likely N-dealkylation sites (N-methyl/N-ethyl adjacent to an activating group) is 1. The molecule has 0 heterocycles. The van der Waals surface area contributed by atoms with Crippen molar-refractivity contribution in [2.75, 3.05) is 13.6 Å². The summed E-state index contributed by atoms with van der Waals surface area (Å²) in [5.74, 6) is -1.44. The highest BCUT2D eigenvalue weighted by Gasteiger charge is 2.25. The number of sulfonamides is 1. The molecule has 1 unspecified atom stereocenters. The topological polar surface area (TPSA) is 133 Å². The molecule has 2 aromatic carbocycles. The van der Waals surface area contributed by atoms with Crippen molar-refractivity contribution in [3.63, 3.8) is 0 Å². The van der Waals surface area contributed by atoms with E-state index in [-0.39, 0.29) is 4.90 Å². The van der Waals surface area contributed by atoms with Gasteiger partial charge in [-0.1, -0.05) is 30.3 Å². The van der Waals surface area contributed by atoms with Gasteiger partial charge < -0.3 is 11.1 Å². The van der Waals surface area contributed by atoms with Gasteiger partial charge in [-0.05, 0) is 29.8 Å². The Kier molecular flexibility index (Phi) is 6.28. The maximum Gasteiger partial charge on any atom is 0.244 e. The van der Waals surface area contributed by atoms with Crippen molar-refractivity contribution in [3.05, 3.63) is 65.7 Å². The van der Waals surface area contributed by atoms with E-state index >= 15 is 0 Å². The number of nitrogens with one attached hydrogen (secondary N) is 1. The summed E-state index contributed by atoms with van der Waals surface area (Å²) in [4.78, 5) is 23.9. The lowest BCUT2D eigenvalue weighted by atomic mass is 10.1. The normalized spacial score (nSPS) is 12.2. The SMILES string of the molecule is CN(CC(=O)NC(C(N)=O)c1ccccc1)S(=O)(=O)c1ccc(C#N)cc1. The fourth-order valence-electron chi connectivity index (χ4n) is 2.34. The van der Waals surface area contributed by atoms with Crippen molar-refractivity contribution in [1.29, 1.82) is 5.26 Å². The monoisotopic (exact) mass is 386 g/mol. The van der Waals surface area contributed by atoms with Crippen molar-refractivity contribution >= 4 is 21.8 Å². The molecular formula is C18H18N4O4S. The van der Waals surface area contributed by atoms with Gasteiger partial charge in [-0.15, -0.1) is 0 Å². The van der Waals surface area contributed by atoms with Gasteiger partial charge in [-0.25, -0.2) is 8.42 Å². The zero-order chi connectivity index (χ0) is 20.0. The van der Waals surface area contributed by atoms with Crippen LogP contribution in [0.5, 0.6) is 0 Å². The van der Waals surface area contributed by atoms with Crippen LogP contribution in [-0.4, -0.2) is 38.1 Å². The third-order valence-electron chi connectivity index (χ3n) is 3.78. The fraction of sp³-hybridized carbons (Fsp3) is 0.167. The molecular weight excluding hydrogens is 368 g/mol. The first kappa shape index (κ1) is 20.1. The molecule has 9 heteroatoms. The van der Waals surface area contributed by atoms with E-state index in [0.29, 0.717) is 11.1 Å². The van der Waals surface area contributed by atoms with E-state index < -0.39 is 34.4 Å². The Balaban J connectivity index is 2.11. The molecule has 0 aliphatic carbocycles. The second kappa shape index (κ2) is 8.44. The Morgan fingerprint density at radius 2 is 1.74 bits per heavy atom. The van der Waals surface area contributed by atoms with Crippen LogP contribution in [0, 0.1) is 11.3 Å². The van der Waals surface area contributed by atoms with Gasteiger partial charge in [0.05, 0.1) is 23.1 Å². The summed E-state index contributed by atoms with van der Waals surface area (Å²) < 4.78 is 25.9. The molecule has 0 spiro atoms. The summed E-state index contributed by atoms with van der Waals surface area (Å²) in [6.45, 7) is -0.501. The lowest BCUT2D eigenvalue weighted by Gasteiger charge is -2.20. The Labute approximate surface area is 157 Å². The predicted molar refractivity (Wildman–Crippen MR) is 97.5 cm³/mol. The third kappa shape index (κ3) is 4.91. The quantitative estimate of drug-likeness (QED) is 0.716. The smallest absolute Gasteiger partial charge is 0.244 e. The summed E-state index contributed by atoms with van der Waals surface area (Å²) in [6.07, 6.45) is 0. The standard InChI is InChI=1S/C18H18N4O4S/c1-22(27(25,26)15-9-7-13(11-19)8-10-15)12-16(23)21-17(18(20)24)14-5-3-2-4-6-14/h2-10,17H,12H2,1H3,(H2,20,24)(H,21,23). The van der Waals surface area contributed by atoms with Crippen LogP contribution in [0.4, 0.5) is 0 Å². The Hall–Kier alpha value is -3.22. The first-order valence-corrected chi connectivity index (χ1v) is 9.30. The molecule has 2 rings (SSSR count). The van der Waals surface area contributed by atoms with Crippen molar-refractivity contribution < 1.29 is 18.0 Å². The predicted octanol–water partition coefficient (Wildman–Crippen LogP) is 0.522. The van der Waals surface area contributed by atoms with Gasteiger partial charge in [0.1, 0.15) is 6.04 Å². The molecule has 0 radical (unpaired) electrons. The Morgan fingerprint density at radius 3 is 2.26 bits per heavy atom. The molecule has 8 nitrogen and oxygen atoms in total. The van der Waals surface area contributed by atoms with Crippen LogP contribution in [-0.2, 0) is 19.6 Å². The minimum atomic E-state index is -3.93. The average molecular weight is 386 g/mol. The van der Waals surface area contributed by atoms with Crippen molar-refractivity contribution in [3.8, 4) is 6.07 Å². The van der Waals surface area contributed by atoms with Gasteiger partial charge in [0.2, 0.25) is 21.8 Å². The highest BCUT2D eigenvalue weighted by Crippen LogP contribution is 2.16. The lowest BCUT2D eigenvalue weighted by Crippen LogP contribution is -2.43. The van der Waals surface area contributed by atoms with Crippen LogP contribution in [0.2, 0.25) is 0 Å². The summed E-state index contributed by atoms with van der Waals surface area (Å²) in [7, 11) is -2.69. The van der Waals surface area contributed by atoms with E-state index in [2.05, 4.69) is 5.32 Å².